The summed E-state index contributed by atoms with van der Waals surface area (Å²) >= 11 is 0. The van der Waals surface area contributed by atoms with Crippen LogP contribution in [0.5, 0.6) is 0 Å². The molecule has 5 nitrogen and oxygen atoms in total. The second kappa shape index (κ2) is 6.50. The number of benzene rings is 1. The first kappa shape index (κ1) is 12.0. The van der Waals surface area contributed by atoms with Crippen LogP contribution in [-0.2, 0) is 0 Å². The van der Waals surface area contributed by atoms with Gasteiger partial charge in [-0.25, -0.2) is 0 Å². The Morgan fingerprint density at radius 1 is 1.15 bits per heavy atom. The maximum absolute atomic E-state index is 8.68. The summed E-state index contributed by atoms with van der Waals surface area (Å²) in [6, 6.07) is 6.63. The van der Waals surface area contributed by atoms with Crippen LogP contribution in [0, 0.1) is 0 Å². The minimum absolute atomic E-state index is 0. The lowest BCUT2D eigenvalue weighted by atomic mass is 9.79. The Hall–Kier alpha value is -1.01. The highest BCUT2D eigenvalue weighted by molar-refractivity contribution is 6.60. The summed E-state index contributed by atoms with van der Waals surface area (Å²) in [7, 11) is -1.47. The van der Waals surface area contributed by atoms with E-state index in [1.54, 1.807) is 24.3 Å². The van der Waals surface area contributed by atoms with E-state index in [4.69, 9.17) is 25.8 Å². The minimum Gasteiger partial charge on any atom is -0.429 e. The van der Waals surface area contributed by atoms with Crippen molar-refractivity contribution >= 4 is 26.0 Å². The van der Waals surface area contributed by atoms with Gasteiger partial charge in [0.05, 0.1) is 0 Å². The molecule has 0 bridgehead atoms. The fourth-order valence-corrected chi connectivity index (χ4v) is 0.746. The molecular formula is C6H10B2NO4. The predicted molar refractivity (Wildman–Crippen MR) is 50.9 cm³/mol. The lowest BCUT2D eigenvalue weighted by Crippen LogP contribution is -2.31. The van der Waals surface area contributed by atoms with Crippen LogP contribution in [0.3, 0.4) is 0 Å². The molecular weight excluding hydrogens is 172 g/mol. The second-order valence-electron chi connectivity index (χ2n) is 2.12. The van der Waals surface area contributed by atoms with Crippen molar-refractivity contribution in [3.8, 4) is 0 Å². The first-order valence-corrected chi connectivity index (χ1v) is 3.44. The Labute approximate surface area is 76.9 Å². The number of nitrogen functional groups attached to an aromatic ring is 1. The molecule has 0 aliphatic heterocycles. The molecule has 0 heterocycles. The van der Waals surface area contributed by atoms with Crippen molar-refractivity contribution in [3.63, 3.8) is 0 Å². The van der Waals surface area contributed by atoms with Gasteiger partial charge in [-0.1, -0.05) is 18.2 Å². The summed E-state index contributed by atoms with van der Waals surface area (Å²) in [6.45, 7) is 0. The van der Waals surface area contributed by atoms with E-state index < -0.39 is 7.12 Å². The van der Waals surface area contributed by atoms with Crippen LogP contribution in [0.2, 0.25) is 0 Å². The van der Waals surface area contributed by atoms with E-state index in [2.05, 4.69) is 0 Å². The number of nitrogens with two attached hydrogens (primary N) is 1. The quantitative estimate of drug-likeness (QED) is 0.242. The molecule has 0 amide bonds. The predicted octanol–water partition coefficient (Wildman–Crippen LogP) is -2.55. The van der Waals surface area contributed by atoms with E-state index in [-0.39, 0.29) is 7.69 Å². The molecule has 13 heavy (non-hydrogen) atoms. The van der Waals surface area contributed by atoms with Gasteiger partial charge in [-0.3, -0.25) is 0 Å². The number of rotatable bonds is 1. The average Bonchev–Trinajstić information content (AvgIpc) is 2.06. The van der Waals surface area contributed by atoms with E-state index in [9.17, 15) is 0 Å². The van der Waals surface area contributed by atoms with Gasteiger partial charge in [-0.15, -0.1) is 0 Å². The van der Waals surface area contributed by atoms with Crippen LogP contribution >= 0.6 is 0 Å². The van der Waals surface area contributed by atoms with Gasteiger partial charge in [-0.2, -0.15) is 0 Å². The van der Waals surface area contributed by atoms with Gasteiger partial charge in [-0.05, 0) is 6.07 Å². The van der Waals surface area contributed by atoms with Crippen LogP contribution in [0.15, 0.2) is 24.3 Å². The highest BCUT2D eigenvalue weighted by atomic mass is 16.4. The third-order valence-corrected chi connectivity index (χ3v) is 1.27. The molecule has 69 valence electrons. The highest BCUT2D eigenvalue weighted by Gasteiger charge is 2.12. The van der Waals surface area contributed by atoms with Crippen molar-refractivity contribution < 1.29 is 20.1 Å². The number of hydrogen-bond acceptors (Lipinski definition) is 5. The van der Waals surface area contributed by atoms with E-state index in [0.29, 0.717) is 11.2 Å². The summed E-state index contributed by atoms with van der Waals surface area (Å²) in [6.07, 6.45) is 0. The molecule has 1 rings (SSSR count). The van der Waals surface area contributed by atoms with Gasteiger partial charge in [0, 0.05) is 11.2 Å². The van der Waals surface area contributed by atoms with Crippen LogP contribution in [-0.4, -0.2) is 34.9 Å². The number of hydrogen-bond donors (Lipinski definition) is 5. The van der Waals surface area contributed by atoms with Gasteiger partial charge in [0.2, 0.25) is 0 Å². The number of anilines is 1. The van der Waals surface area contributed by atoms with E-state index in [0.717, 1.165) is 0 Å². The van der Waals surface area contributed by atoms with Crippen molar-refractivity contribution in [2.75, 3.05) is 5.73 Å². The molecule has 0 atom stereocenters. The van der Waals surface area contributed by atoms with Crippen molar-refractivity contribution in [1.29, 1.82) is 0 Å². The van der Waals surface area contributed by atoms with Crippen molar-refractivity contribution in [2.24, 2.45) is 0 Å². The summed E-state index contributed by atoms with van der Waals surface area (Å²) in [5.41, 5.74) is 6.15. The first-order valence-electron chi connectivity index (χ1n) is 3.44. The monoisotopic (exact) mass is 182 g/mol. The molecule has 7 heteroatoms. The van der Waals surface area contributed by atoms with E-state index >= 15 is 0 Å². The summed E-state index contributed by atoms with van der Waals surface area (Å²) < 4.78 is 0. The zero-order chi connectivity index (χ0) is 10.3. The molecule has 1 aromatic carbocycles. The van der Waals surface area contributed by atoms with E-state index in [1.165, 1.54) is 0 Å². The van der Waals surface area contributed by atoms with Crippen LogP contribution in [0.25, 0.3) is 0 Å². The Kier molecular flexibility index (Phi) is 5.99. The third kappa shape index (κ3) is 4.54. The molecule has 1 aromatic rings. The molecule has 0 aromatic heterocycles. The Morgan fingerprint density at radius 3 is 1.92 bits per heavy atom. The molecule has 0 unspecified atom stereocenters. The molecule has 6 N–H and O–H groups in total. The minimum atomic E-state index is -1.47. The summed E-state index contributed by atoms with van der Waals surface area (Å²) in [5, 5.41) is 31.4. The van der Waals surface area contributed by atoms with E-state index in [1.807, 2.05) is 0 Å². The molecule has 0 saturated carbocycles. The van der Waals surface area contributed by atoms with Crippen LogP contribution in [0.4, 0.5) is 5.69 Å². The van der Waals surface area contributed by atoms with Gasteiger partial charge in [0.25, 0.3) is 0 Å². The summed E-state index contributed by atoms with van der Waals surface area (Å²) in [5.74, 6) is 0. The van der Waals surface area contributed by atoms with Gasteiger partial charge >= 0.3 is 14.8 Å². The highest BCUT2D eigenvalue weighted by Crippen LogP contribution is 1.95. The zero-order valence-electron chi connectivity index (χ0n) is 6.83. The van der Waals surface area contributed by atoms with Gasteiger partial charge < -0.3 is 25.8 Å². The molecule has 0 spiro atoms. The maximum atomic E-state index is 8.68. The largest absolute Gasteiger partial charge is 0.490 e. The van der Waals surface area contributed by atoms with Crippen molar-refractivity contribution in [1.82, 2.24) is 0 Å². The Morgan fingerprint density at radius 2 is 1.62 bits per heavy atom. The lowest BCUT2D eigenvalue weighted by molar-refractivity contribution is 0.426. The number of para-hydroxylation sites is 1. The molecule has 0 aliphatic carbocycles. The Balaban J connectivity index is 0.000000424. The molecule has 0 aliphatic rings. The van der Waals surface area contributed by atoms with Crippen LogP contribution < -0.4 is 11.2 Å². The van der Waals surface area contributed by atoms with Crippen molar-refractivity contribution in [3.05, 3.63) is 24.3 Å². The SMILES string of the molecule is Nc1ccccc1B(O)O.O[B]O. The van der Waals surface area contributed by atoms with Gasteiger partial charge in [0.1, 0.15) is 0 Å². The fraction of sp³-hybridized carbons (Fsp3) is 0. The normalized spacial score (nSPS) is 8.31. The summed E-state index contributed by atoms with van der Waals surface area (Å²) in [4.78, 5) is 0. The zero-order valence-corrected chi connectivity index (χ0v) is 6.83. The lowest BCUT2D eigenvalue weighted by Gasteiger charge is -2.01. The third-order valence-electron chi connectivity index (χ3n) is 1.27. The maximum Gasteiger partial charge on any atom is 0.490 e. The standard InChI is InChI=1S/C6H8BNO2.BH2O2/c8-6-4-2-1-3-5(6)7(9)10;2-1-3/h1-4,9-10H,8H2;2-3H. The molecule has 1 radical (unpaired) electrons. The first-order chi connectivity index (χ1) is 6.13. The Bertz CT molecular complexity index is 246. The molecule has 0 fully saturated rings. The van der Waals surface area contributed by atoms with Crippen LogP contribution in [0.1, 0.15) is 0 Å². The second-order valence-corrected chi connectivity index (χ2v) is 2.12. The molecule has 0 saturated heterocycles. The fourth-order valence-electron chi connectivity index (χ4n) is 0.746. The topological polar surface area (TPSA) is 107 Å². The average molecular weight is 182 g/mol. The van der Waals surface area contributed by atoms with Gasteiger partial charge in [0.15, 0.2) is 0 Å². The smallest absolute Gasteiger partial charge is 0.429 e. The van der Waals surface area contributed by atoms with Crippen molar-refractivity contribution in [2.45, 2.75) is 0 Å².